The summed E-state index contributed by atoms with van der Waals surface area (Å²) in [5.41, 5.74) is 1.24. The predicted molar refractivity (Wildman–Crippen MR) is 122 cm³/mol. The summed E-state index contributed by atoms with van der Waals surface area (Å²) in [5, 5.41) is 3.04. The summed E-state index contributed by atoms with van der Waals surface area (Å²) in [6.45, 7) is 3.45. The van der Waals surface area contributed by atoms with Crippen molar-refractivity contribution in [3.8, 4) is 17.2 Å². The first-order valence-corrected chi connectivity index (χ1v) is 10.8. The number of rotatable bonds is 8. The molecular formula is C25H32N2O5. The van der Waals surface area contributed by atoms with Crippen LogP contribution in [-0.2, 0) is 22.6 Å². The largest absolute Gasteiger partial charge is 0.497 e. The van der Waals surface area contributed by atoms with E-state index in [-0.39, 0.29) is 18.2 Å². The van der Waals surface area contributed by atoms with Crippen molar-refractivity contribution in [3.05, 3.63) is 53.6 Å². The molecule has 0 bridgehead atoms. The van der Waals surface area contributed by atoms with Crippen LogP contribution in [0, 0.1) is 5.41 Å². The Morgan fingerprint density at radius 1 is 0.969 bits per heavy atom. The van der Waals surface area contributed by atoms with Gasteiger partial charge in [0.2, 0.25) is 11.8 Å². The van der Waals surface area contributed by atoms with Gasteiger partial charge in [0.05, 0.1) is 33.2 Å². The maximum Gasteiger partial charge on any atom is 0.227 e. The summed E-state index contributed by atoms with van der Waals surface area (Å²) in [7, 11) is 4.78. The first kappa shape index (κ1) is 23.4. The van der Waals surface area contributed by atoms with Crippen LogP contribution in [0.25, 0.3) is 0 Å². The van der Waals surface area contributed by atoms with Gasteiger partial charge in [0.1, 0.15) is 5.75 Å². The first-order chi connectivity index (χ1) is 15.4. The lowest BCUT2D eigenvalue weighted by Crippen LogP contribution is -2.52. The molecule has 0 aliphatic carbocycles. The van der Waals surface area contributed by atoms with Gasteiger partial charge < -0.3 is 24.4 Å². The Kier molecular flexibility index (Phi) is 7.62. The van der Waals surface area contributed by atoms with Crippen LogP contribution in [0.4, 0.5) is 0 Å². The molecule has 172 valence electrons. The maximum atomic E-state index is 13.0. The van der Waals surface area contributed by atoms with Crippen LogP contribution in [-0.4, -0.2) is 51.1 Å². The number of carbonyl (C=O) groups excluding carboxylic acids is 2. The van der Waals surface area contributed by atoms with E-state index in [1.54, 1.807) is 32.3 Å². The van der Waals surface area contributed by atoms with E-state index in [1.165, 1.54) is 0 Å². The molecular weight excluding hydrogens is 408 g/mol. The summed E-state index contributed by atoms with van der Waals surface area (Å²) in [6.07, 6.45) is 1.80. The Labute approximate surface area is 189 Å². The molecule has 32 heavy (non-hydrogen) atoms. The van der Waals surface area contributed by atoms with Gasteiger partial charge in [-0.2, -0.15) is 0 Å². The number of piperidine rings is 1. The number of ether oxygens (including phenoxy) is 3. The molecule has 1 saturated heterocycles. The van der Waals surface area contributed by atoms with Gasteiger partial charge in [0.15, 0.2) is 11.5 Å². The summed E-state index contributed by atoms with van der Waals surface area (Å²) in [6, 6.07) is 13.1. The Bertz CT molecular complexity index is 944. The number of nitrogens with one attached hydrogen (secondary N) is 1. The minimum Gasteiger partial charge on any atom is -0.497 e. The first-order valence-electron chi connectivity index (χ1n) is 10.8. The normalized spacial score (nSPS) is 18.1. The minimum atomic E-state index is -0.613. The summed E-state index contributed by atoms with van der Waals surface area (Å²) < 4.78 is 15.8. The molecule has 2 amide bonds. The number of amides is 2. The molecule has 1 heterocycles. The van der Waals surface area contributed by atoms with Gasteiger partial charge in [-0.05, 0) is 55.2 Å². The fraction of sp³-hybridized carbons (Fsp3) is 0.440. The Morgan fingerprint density at radius 2 is 1.66 bits per heavy atom. The van der Waals surface area contributed by atoms with Crippen LogP contribution < -0.4 is 19.5 Å². The van der Waals surface area contributed by atoms with Crippen molar-refractivity contribution in [1.29, 1.82) is 0 Å². The van der Waals surface area contributed by atoms with Crippen LogP contribution in [0.1, 0.15) is 30.9 Å². The van der Waals surface area contributed by atoms with E-state index in [0.717, 1.165) is 29.7 Å². The average molecular weight is 441 g/mol. The maximum absolute atomic E-state index is 13.0. The number of hydrogen-bond acceptors (Lipinski definition) is 5. The molecule has 3 rings (SSSR count). The summed E-state index contributed by atoms with van der Waals surface area (Å²) in [5.74, 6) is 1.98. The number of methoxy groups -OCH3 is 3. The molecule has 1 aliphatic rings. The van der Waals surface area contributed by atoms with Crippen molar-refractivity contribution in [3.63, 3.8) is 0 Å². The number of hydrogen-bond donors (Lipinski definition) is 1. The lowest BCUT2D eigenvalue weighted by atomic mass is 9.80. The zero-order valence-electron chi connectivity index (χ0n) is 19.3. The molecule has 0 saturated carbocycles. The van der Waals surface area contributed by atoms with Gasteiger partial charge in [-0.25, -0.2) is 0 Å². The van der Waals surface area contributed by atoms with E-state index in [2.05, 4.69) is 5.32 Å². The monoisotopic (exact) mass is 440 g/mol. The minimum absolute atomic E-state index is 0.00565. The Balaban J connectivity index is 1.60. The molecule has 1 fully saturated rings. The number of nitrogens with zero attached hydrogens (tertiary/aromatic N) is 1. The summed E-state index contributed by atoms with van der Waals surface area (Å²) >= 11 is 0. The van der Waals surface area contributed by atoms with Gasteiger partial charge in [-0.15, -0.1) is 0 Å². The molecule has 7 nitrogen and oxygen atoms in total. The molecule has 1 N–H and O–H groups in total. The topological polar surface area (TPSA) is 77.1 Å². The van der Waals surface area contributed by atoms with Crippen molar-refractivity contribution in [1.82, 2.24) is 10.2 Å². The van der Waals surface area contributed by atoms with Crippen LogP contribution in [0.3, 0.4) is 0 Å². The third kappa shape index (κ3) is 5.52. The van der Waals surface area contributed by atoms with Crippen LogP contribution in [0.2, 0.25) is 0 Å². The number of likely N-dealkylation sites (tertiary alicyclic amines) is 1. The Morgan fingerprint density at radius 3 is 2.31 bits per heavy atom. The molecule has 0 radical (unpaired) electrons. The second-order valence-corrected chi connectivity index (χ2v) is 8.38. The van der Waals surface area contributed by atoms with Crippen LogP contribution in [0.15, 0.2) is 42.5 Å². The fourth-order valence-corrected chi connectivity index (χ4v) is 4.05. The molecule has 0 unspecified atom stereocenters. The van der Waals surface area contributed by atoms with E-state index in [4.69, 9.17) is 14.2 Å². The highest BCUT2D eigenvalue weighted by Crippen LogP contribution is 2.31. The van der Waals surface area contributed by atoms with Crippen molar-refractivity contribution < 1.29 is 23.8 Å². The molecule has 0 spiro atoms. The number of benzene rings is 2. The van der Waals surface area contributed by atoms with Gasteiger partial charge >= 0.3 is 0 Å². The van der Waals surface area contributed by atoms with Gasteiger partial charge in [-0.3, -0.25) is 9.59 Å². The highest BCUT2D eigenvalue weighted by Gasteiger charge is 2.39. The molecule has 0 aromatic heterocycles. The van der Waals surface area contributed by atoms with Gasteiger partial charge in [-0.1, -0.05) is 18.2 Å². The molecule has 2 aromatic carbocycles. The number of carbonyl (C=O) groups is 2. The molecule has 1 atom stereocenters. The van der Waals surface area contributed by atoms with Crippen molar-refractivity contribution >= 4 is 11.8 Å². The van der Waals surface area contributed by atoms with E-state index in [9.17, 15) is 9.59 Å². The predicted octanol–water partition coefficient (Wildman–Crippen LogP) is 3.20. The second-order valence-electron chi connectivity index (χ2n) is 8.38. The zero-order chi connectivity index (χ0) is 23.1. The quantitative estimate of drug-likeness (QED) is 0.682. The SMILES string of the molecule is COc1ccc(CNC(=O)[C@@]2(C)CCCN(C(=O)Cc3ccc(OC)c(OC)c3)C2)cc1. The van der Waals surface area contributed by atoms with E-state index >= 15 is 0 Å². The zero-order valence-corrected chi connectivity index (χ0v) is 19.3. The highest BCUT2D eigenvalue weighted by atomic mass is 16.5. The van der Waals surface area contributed by atoms with Crippen molar-refractivity contribution in [2.24, 2.45) is 5.41 Å². The van der Waals surface area contributed by atoms with Crippen molar-refractivity contribution in [2.75, 3.05) is 34.4 Å². The van der Waals surface area contributed by atoms with Gasteiger partial charge in [0, 0.05) is 19.6 Å². The Hall–Kier alpha value is -3.22. The lowest BCUT2D eigenvalue weighted by Gasteiger charge is -2.39. The smallest absolute Gasteiger partial charge is 0.227 e. The lowest BCUT2D eigenvalue weighted by molar-refractivity contribution is -0.140. The van der Waals surface area contributed by atoms with E-state index in [0.29, 0.717) is 31.1 Å². The fourth-order valence-electron chi connectivity index (χ4n) is 4.05. The average Bonchev–Trinajstić information content (AvgIpc) is 2.82. The summed E-state index contributed by atoms with van der Waals surface area (Å²) in [4.78, 5) is 27.8. The van der Waals surface area contributed by atoms with Crippen LogP contribution in [0.5, 0.6) is 17.2 Å². The van der Waals surface area contributed by atoms with Gasteiger partial charge in [0.25, 0.3) is 0 Å². The van der Waals surface area contributed by atoms with E-state index < -0.39 is 5.41 Å². The van der Waals surface area contributed by atoms with Crippen LogP contribution >= 0.6 is 0 Å². The van der Waals surface area contributed by atoms with E-state index in [1.807, 2.05) is 43.3 Å². The second kappa shape index (κ2) is 10.4. The highest BCUT2D eigenvalue weighted by molar-refractivity contribution is 5.85. The third-order valence-corrected chi connectivity index (χ3v) is 6.01. The van der Waals surface area contributed by atoms with Crippen molar-refractivity contribution in [2.45, 2.75) is 32.7 Å². The molecule has 2 aromatic rings. The molecule has 1 aliphatic heterocycles. The molecule has 7 heteroatoms. The third-order valence-electron chi connectivity index (χ3n) is 6.01. The standard InChI is InChI=1S/C25H32N2O5/c1-25(24(29)26-16-18-6-9-20(30-2)10-7-18)12-5-13-27(17-25)23(28)15-19-8-11-21(31-3)22(14-19)32-4/h6-11,14H,5,12-13,15-17H2,1-4H3,(H,26,29)/t25-/m0/s1.